The minimum Gasteiger partial charge on any atom is -0.392 e. The van der Waals surface area contributed by atoms with Crippen LogP contribution in [0, 0.1) is 25.6 Å². The van der Waals surface area contributed by atoms with Crippen molar-refractivity contribution < 1.29 is 19.1 Å². The Hall–Kier alpha value is -4.49. The number of anilines is 3. The van der Waals surface area contributed by atoms with Crippen molar-refractivity contribution in [3.05, 3.63) is 124 Å². The summed E-state index contributed by atoms with van der Waals surface area (Å²) in [6, 6.07) is 25.3. The Bertz CT molecular complexity index is 1640. The van der Waals surface area contributed by atoms with E-state index in [1.165, 1.54) is 12.5 Å². The molecule has 220 valence electrons. The smallest absolute Gasteiger partial charge is 0.262 e. The van der Waals surface area contributed by atoms with Crippen LogP contribution in [-0.4, -0.2) is 23.0 Å². The minimum absolute atomic E-state index is 0.00171. The zero-order valence-corrected chi connectivity index (χ0v) is 24.4. The fourth-order valence-corrected chi connectivity index (χ4v) is 6.22. The van der Waals surface area contributed by atoms with Crippen molar-refractivity contribution in [2.24, 2.45) is 5.92 Å². The number of carbonyl (C=O) groups excluding carboxylic acids is 2. The molecule has 1 saturated carbocycles. The van der Waals surface area contributed by atoms with Crippen LogP contribution < -0.4 is 15.5 Å². The Morgan fingerprint density at radius 3 is 2.33 bits per heavy atom. The summed E-state index contributed by atoms with van der Waals surface area (Å²) in [7, 11) is 0. The molecule has 7 heteroatoms. The fourth-order valence-electron chi connectivity index (χ4n) is 6.22. The first-order chi connectivity index (χ1) is 20.8. The van der Waals surface area contributed by atoms with E-state index in [1.54, 1.807) is 36.1 Å². The molecule has 1 heterocycles. The molecule has 0 saturated heterocycles. The van der Waals surface area contributed by atoms with E-state index in [0.717, 1.165) is 40.8 Å². The fraction of sp³-hybridized carbons (Fsp3) is 0.278. The molecule has 1 fully saturated rings. The van der Waals surface area contributed by atoms with Gasteiger partial charge >= 0.3 is 0 Å². The average Bonchev–Trinajstić information content (AvgIpc) is 2.98. The number of nitrogens with one attached hydrogen (secondary N) is 2. The van der Waals surface area contributed by atoms with Crippen LogP contribution in [0.3, 0.4) is 0 Å². The summed E-state index contributed by atoms with van der Waals surface area (Å²) in [4.78, 5) is 30.2. The van der Waals surface area contributed by atoms with Crippen molar-refractivity contribution in [1.82, 2.24) is 0 Å². The lowest BCUT2D eigenvalue weighted by atomic mass is 9.80. The van der Waals surface area contributed by atoms with Gasteiger partial charge in [-0.15, -0.1) is 0 Å². The predicted octanol–water partition coefficient (Wildman–Crippen LogP) is 7.10. The van der Waals surface area contributed by atoms with E-state index >= 15 is 4.39 Å². The number of hydrogen-bond acceptors (Lipinski definition) is 4. The molecular formula is C36H36FN3O3. The largest absolute Gasteiger partial charge is 0.392 e. The molecule has 2 atom stereocenters. The van der Waals surface area contributed by atoms with Gasteiger partial charge in [-0.3, -0.25) is 14.5 Å². The van der Waals surface area contributed by atoms with Crippen molar-refractivity contribution in [1.29, 1.82) is 0 Å². The summed E-state index contributed by atoms with van der Waals surface area (Å²) in [5.74, 6) is -1.97. The van der Waals surface area contributed by atoms with E-state index < -0.39 is 23.7 Å². The van der Waals surface area contributed by atoms with Gasteiger partial charge in [-0.25, -0.2) is 4.39 Å². The van der Waals surface area contributed by atoms with E-state index in [1.807, 2.05) is 61.5 Å². The second-order valence-corrected chi connectivity index (χ2v) is 11.7. The van der Waals surface area contributed by atoms with Gasteiger partial charge in [0.25, 0.3) is 5.91 Å². The SMILES string of the molecule is Cc1cc(NC(=O)[C@H]2Cc3ccccc3N(C(=O)c3c(C)cccc3F)C2c2ccc(NC3CCC3)cc2)ccc1CO. The molecule has 2 aliphatic rings. The third-order valence-electron chi connectivity index (χ3n) is 8.85. The molecule has 1 unspecified atom stereocenters. The highest BCUT2D eigenvalue weighted by Crippen LogP contribution is 2.44. The Morgan fingerprint density at radius 2 is 1.65 bits per heavy atom. The summed E-state index contributed by atoms with van der Waals surface area (Å²) in [5, 5.41) is 16.2. The molecule has 0 spiro atoms. The maximum atomic E-state index is 15.3. The van der Waals surface area contributed by atoms with Crippen LogP contribution in [-0.2, 0) is 17.8 Å². The average molecular weight is 578 g/mol. The van der Waals surface area contributed by atoms with Crippen LogP contribution in [0.4, 0.5) is 21.5 Å². The number of carbonyl (C=O) groups is 2. The second-order valence-electron chi connectivity index (χ2n) is 11.7. The molecule has 2 amide bonds. The first-order valence-electron chi connectivity index (χ1n) is 14.9. The number of rotatable bonds is 7. The summed E-state index contributed by atoms with van der Waals surface area (Å²) in [6.07, 6.45) is 3.92. The zero-order valence-electron chi connectivity index (χ0n) is 24.4. The number of benzene rings is 4. The summed E-state index contributed by atoms with van der Waals surface area (Å²) < 4.78 is 15.3. The molecule has 0 bridgehead atoms. The van der Waals surface area contributed by atoms with Gasteiger partial charge in [0.05, 0.1) is 24.1 Å². The number of aryl methyl sites for hydroxylation is 2. The van der Waals surface area contributed by atoms with Crippen molar-refractivity contribution in [3.63, 3.8) is 0 Å². The minimum atomic E-state index is -0.683. The van der Waals surface area contributed by atoms with Gasteiger partial charge in [0.15, 0.2) is 0 Å². The number of halogens is 1. The molecule has 0 aromatic heterocycles. The number of para-hydroxylation sites is 1. The lowest BCUT2D eigenvalue weighted by molar-refractivity contribution is -0.120. The van der Waals surface area contributed by atoms with Crippen LogP contribution >= 0.6 is 0 Å². The van der Waals surface area contributed by atoms with Crippen LogP contribution in [0.5, 0.6) is 0 Å². The van der Waals surface area contributed by atoms with Gasteiger partial charge in [-0.05, 0) is 104 Å². The van der Waals surface area contributed by atoms with Gasteiger partial charge in [0.1, 0.15) is 5.82 Å². The quantitative estimate of drug-likeness (QED) is 0.219. The van der Waals surface area contributed by atoms with Gasteiger partial charge in [-0.2, -0.15) is 0 Å². The molecule has 4 aromatic carbocycles. The lowest BCUT2D eigenvalue weighted by Crippen LogP contribution is -2.47. The predicted molar refractivity (Wildman–Crippen MR) is 168 cm³/mol. The highest BCUT2D eigenvalue weighted by molar-refractivity contribution is 6.09. The molecule has 4 aromatic rings. The zero-order chi connectivity index (χ0) is 30.1. The third-order valence-corrected chi connectivity index (χ3v) is 8.85. The molecular weight excluding hydrogens is 541 g/mol. The number of fused-ring (bicyclic) bond motifs is 1. The first-order valence-corrected chi connectivity index (χ1v) is 14.9. The molecule has 43 heavy (non-hydrogen) atoms. The normalized spacial score (nSPS) is 18.0. The van der Waals surface area contributed by atoms with Crippen molar-refractivity contribution in [2.45, 2.75) is 58.2 Å². The standard InChI is InChI=1S/C36H36FN3O3/c1-22-7-5-11-31(37)33(22)36(43)40-32-12-4-3-8-25(32)20-30(35(42)39-29-18-15-26(21-41)23(2)19-29)34(40)24-13-16-28(17-14-24)38-27-9-6-10-27/h3-5,7-8,11-19,27,30,34,38,41H,6,9-10,20-21H2,1-2H3,(H,39,42)/t30-,34?/m0/s1. The van der Waals surface area contributed by atoms with Crippen LogP contribution in [0.1, 0.15) is 63.5 Å². The van der Waals surface area contributed by atoms with Gasteiger partial charge in [0, 0.05) is 23.1 Å². The Kier molecular flexibility index (Phi) is 8.00. The van der Waals surface area contributed by atoms with E-state index in [2.05, 4.69) is 10.6 Å². The molecule has 1 aliphatic carbocycles. The van der Waals surface area contributed by atoms with E-state index in [9.17, 15) is 14.7 Å². The van der Waals surface area contributed by atoms with Crippen molar-refractivity contribution in [3.8, 4) is 0 Å². The molecule has 1 aliphatic heterocycles. The van der Waals surface area contributed by atoms with Gasteiger partial charge in [0.2, 0.25) is 5.91 Å². The maximum Gasteiger partial charge on any atom is 0.262 e. The monoisotopic (exact) mass is 577 g/mol. The van der Waals surface area contributed by atoms with Crippen LogP contribution in [0.2, 0.25) is 0 Å². The van der Waals surface area contributed by atoms with E-state index in [4.69, 9.17) is 0 Å². The Balaban J connectivity index is 1.44. The molecule has 6 nitrogen and oxygen atoms in total. The van der Waals surface area contributed by atoms with E-state index in [0.29, 0.717) is 29.4 Å². The summed E-state index contributed by atoms with van der Waals surface area (Å²) in [6.45, 7) is 3.53. The first kappa shape index (κ1) is 28.6. The van der Waals surface area contributed by atoms with Gasteiger partial charge in [-0.1, -0.05) is 48.5 Å². The highest BCUT2D eigenvalue weighted by Gasteiger charge is 2.43. The van der Waals surface area contributed by atoms with Crippen LogP contribution in [0.15, 0.2) is 84.9 Å². The number of amides is 2. The molecule has 0 radical (unpaired) electrons. The number of aliphatic hydroxyl groups is 1. The van der Waals surface area contributed by atoms with Crippen molar-refractivity contribution in [2.75, 3.05) is 15.5 Å². The third kappa shape index (κ3) is 5.65. The second kappa shape index (κ2) is 12.0. The number of aliphatic hydroxyl groups excluding tert-OH is 1. The van der Waals surface area contributed by atoms with Gasteiger partial charge < -0.3 is 15.7 Å². The van der Waals surface area contributed by atoms with Crippen molar-refractivity contribution >= 4 is 28.9 Å². The molecule has 6 rings (SSSR count). The number of nitrogens with zero attached hydrogens (tertiary/aromatic N) is 1. The summed E-state index contributed by atoms with van der Waals surface area (Å²) >= 11 is 0. The number of hydrogen-bond donors (Lipinski definition) is 3. The lowest BCUT2D eigenvalue weighted by Gasteiger charge is -2.42. The topological polar surface area (TPSA) is 81.7 Å². The molecule has 3 N–H and O–H groups in total. The summed E-state index contributed by atoms with van der Waals surface area (Å²) in [5.41, 5.74) is 6.10. The van der Waals surface area contributed by atoms with Crippen LogP contribution in [0.25, 0.3) is 0 Å². The van der Waals surface area contributed by atoms with E-state index in [-0.39, 0.29) is 18.1 Å². The maximum absolute atomic E-state index is 15.3. The Labute approximate surface area is 251 Å². The Morgan fingerprint density at radius 1 is 0.907 bits per heavy atom. The highest BCUT2D eigenvalue weighted by atomic mass is 19.1.